The molecule has 1 N–H and O–H groups in total. The van der Waals surface area contributed by atoms with Crippen LogP contribution in [0.3, 0.4) is 0 Å². The molecule has 4 heterocycles. The number of urea groups is 1. The van der Waals surface area contributed by atoms with Crippen molar-refractivity contribution in [1.29, 1.82) is 0 Å². The number of hydrogen-bond donors (Lipinski definition) is 1. The largest absolute Gasteiger partial charge is 0.489 e. The lowest BCUT2D eigenvalue weighted by Crippen LogP contribution is -2.50. The lowest BCUT2D eigenvalue weighted by atomic mass is 9.93. The average Bonchev–Trinajstić information content (AvgIpc) is 3.47. The molecule has 2 aromatic rings. The molecule has 1 aromatic carbocycles. The highest BCUT2D eigenvalue weighted by Gasteiger charge is 2.34. The van der Waals surface area contributed by atoms with Gasteiger partial charge in [0, 0.05) is 56.7 Å². The van der Waals surface area contributed by atoms with E-state index < -0.39 is 0 Å². The number of anilines is 1. The summed E-state index contributed by atoms with van der Waals surface area (Å²) >= 11 is 0. The van der Waals surface area contributed by atoms with Crippen molar-refractivity contribution < 1.29 is 19.1 Å². The standard InChI is InChI=1S/C24H28N4O4/c29-23(22-4-2-12-31-22)27-11-9-21(16-27)32-20-7-5-19(6-8-20)26-24(30)28-14-18(15-28)17-3-1-10-25-13-17/h1,3,5-8,10,13,18,21-22H,2,4,9,11-12,14-16H2,(H,26,30)/t21-,22+/m0/s1. The molecule has 8 nitrogen and oxygen atoms in total. The first kappa shape index (κ1) is 20.8. The average molecular weight is 437 g/mol. The highest BCUT2D eigenvalue weighted by atomic mass is 16.5. The Balaban J connectivity index is 1.07. The van der Waals surface area contributed by atoms with Crippen LogP contribution in [0.25, 0.3) is 0 Å². The van der Waals surface area contributed by atoms with Gasteiger partial charge in [0.1, 0.15) is 18.0 Å². The molecule has 0 saturated carbocycles. The van der Waals surface area contributed by atoms with Crippen molar-refractivity contribution in [3.05, 3.63) is 54.4 Å². The summed E-state index contributed by atoms with van der Waals surface area (Å²) in [6, 6.07) is 11.3. The Bertz CT molecular complexity index is 940. The molecule has 1 aromatic heterocycles. The van der Waals surface area contributed by atoms with Gasteiger partial charge in [0.05, 0.1) is 6.54 Å². The maximum absolute atomic E-state index is 12.5. The van der Waals surface area contributed by atoms with Gasteiger partial charge in [-0.05, 0) is 48.7 Å². The number of rotatable bonds is 5. The van der Waals surface area contributed by atoms with E-state index in [0.717, 1.165) is 30.7 Å². The van der Waals surface area contributed by atoms with Gasteiger partial charge in [-0.25, -0.2) is 4.79 Å². The molecule has 3 fully saturated rings. The lowest BCUT2D eigenvalue weighted by molar-refractivity contribution is -0.140. The normalized spacial score (nSPS) is 23.1. The third-order valence-electron chi connectivity index (χ3n) is 6.39. The third kappa shape index (κ3) is 4.55. The van der Waals surface area contributed by atoms with Crippen LogP contribution in [0, 0.1) is 0 Å². The minimum Gasteiger partial charge on any atom is -0.489 e. The topological polar surface area (TPSA) is 84.0 Å². The van der Waals surface area contributed by atoms with Crippen LogP contribution < -0.4 is 10.1 Å². The molecule has 168 valence electrons. The Morgan fingerprint density at radius 1 is 1.06 bits per heavy atom. The minimum atomic E-state index is -0.275. The highest BCUT2D eigenvalue weighted by molar-refractivity contribution is 5.90. The van der Waals surface area contributed by atoms with Crippen LogP contribution in [0.1, 0.15) is 30.7 Å². The molecule has 0 aliphatic carbocycles. The van der Waals surface area contributed by atoms with Crippen LogP contribution in [0.2, 0.25) is 0 Å². The molecule has 0 radical (unpaired) electrons. The predicted molar refractivity (Wildman–Crippen MR) is 119 cm³/mol. The van der Waals surface area contributed by atoms with Crippen LogP contribution in [-0.4, -0.2) is 71.7 Å². The molecule has 3 amide bonds. The minimum absolute atomic E-state index is 0.0220. The first-order valence-electron chi connectivity index (χ1n) is 11.3. The summed E-state index contributed by atoms with van der Waals surface area (Å²) in [6.07, 6.45) is 5.90. The van der Waals surface area contributed by atoms with Gasteiger partial charge in [0.15, 0.2) is 0 Å². The van der Waals surface area contributed by atoms with Crippen LogP contribution in [0.15, 0.2) is 48.8 Å². The predicted octanol–water partition coefficient (Wildman–Crippen LogP) is 2.87. The van der Waals surface area contributed by atoms with Gasteiger partial charge in [-0.2, -0.15) is 0 Å². The van der Waals surface area contributed by atoms with Crippen LogP contribution >= 0.6 is 0 Å². The molecule has 8 heteroatoms. The maximum atomic E-state index is 12.5. The SMILES string of the molecule is O=C(Nc1ccc(O[C@H]2CCN(C(=O)[C@H]3CCCO3)C2)cc1)N1CC(c2cccnc2)C1. The monoisotopic (exact) mass is 436 g/mol. The Kier molecular flexibility index (Phi) is 5.94. The van der Waals surface area contributed by atoms with E-state index in [-0.39, 0.29) is 24.1 Å². The smallest absolute Gasteiger partial charge is 0.321 e. The zero-order chi connectivity index (χ0) is 21.9. The molecule has 3 aliphatic heterocycles. The second-order valence-corrected chi connectivity index (χ2v) is 8.66. The van der Waals surface area contributed by atoms with Gasteiger partial charge < -0.3 is 24.6 Å². The Morgan fingerprint density at radius 2 is 1.91 bits per heavy atom. The molecule has 3 aliphatic rings. The van der Waals surface area contributed by atoms with Gasteiger partial charge in [-0.1, -0.05) is 6.07 Å². The van der Waals surface area contributed by atoms with Crippen molar-refractivity contribution in [2.45, 2.75) is 37.4 Å². The van der Waals surface area contributed by atoms with E-state index >= 15 is 0 Å². The number of pyridine rings is 1. The van der Waals surface area contributed by atoms with Gasteiger partial charge in [-0.15, -0.1) is 0 Å². The quantitative estimate of drug-likeness (QED) is 0.779. The number of nitrogens with one attached hydrogen (secondary N) is 1. The van der Waals surface area contributed by atoms with Gasteiger partial charge >= 0.3 is 6.03 Å². The van der Waals surface area contributed by atoms with Gasteiger partial charge in [0.25, 0.3) is 5.91 Å². The first-order chi connectivity index (χ1) is 15.7. The number of benzene rings is 1. The van der Waals surface area contributed by atoms with E-state index in [2.05, 4.69) is 10.3 Å². The second-order valence-electron chi connectivity index (χ2n) is 8.66. The summed E-state index contributed by atoms with van der Waals surface area (Å²) < 4.78 is 11.6. The fourth-order valence-corrected chi connectivity index (χ4v) is 4.49. The number of carbonyl (C=O) groups excluding carboxylic acids is 2. The third-order valence-corrected chi connectivity index (χ3v) is 6.39. The van der Waals surface area contributed by atoms with Crippen LogP contribution in [0.4, 0.5) is 10.5 Å². The summed E-state index contributed by atoms with van der Waals surface area (Å²) in [5.41, 5.74) is 1.90. The zero-order valence-corrected chi connectivity index (χ0v) is 18.0. The summed E-state index contributed by atoms with van der Waals surface area (Å²) in [5, 5.41) is 2.94. The number of hydrogen-bond acceptors (Lipinski definition) is 5. The van der Waals surface area contributed by atoms with E-state index in [1.54, 1.807) is 11.1 Å². The van der Waals surface area contributed by atoms with Gasteiger partial charge in [-0.3, -0.25) is 9.78 Å². The van der Waals surface area contributed by atoms with Crippen LogP contribution in [-0.2, 0) is 9.53 Å². The molecule has 3 saturated heterocycles. The summed E-state index contributed by atoms with van der Waals surface area (Å²) in [4.78, 5) is 32.7. The fourth-order valence-electron chi connectivity index (χ4n) is 4.49. The summed E-state index contributed by atoms with van der Waals surface area (Å²) in [6.45, 7) is 3.36. The number of carbonyl (C=O) groups is 2. The Labute approximate surface area is 187 Å². The lowest BCUT2D eigenvalue weighted by Gasteiger charge is -2.39. The highest BCUT2D eigenvalue weighted by Crippen LogP contribution is 2.27. The van der Waals surface area contributed by atoms with Crippen molar-refractivity contribution in [3.63, 3.8) is 0 Å². The molecule has 5 rings (SSSR count). The van der Waals surface area contributed by atoms with E-state index in [1.807, 2.05) is 47.5 Å². The Morgan fingerprint density at radius 3 is 2.62 bits per heavy atom. The zero-order valence-electron chi connectivity index (χ0n) is 18.0. The molecule has 0 spiro atoms. The maximum Gasteiger partial charge on any atom is 0.321 e. The second kappa shape index (κ2) is 9.16. The molecule has 0 unspecified atom stereocenters. The van der Waals surface area contributed by atoms with E-state index in [4.69, 9.17) is 9.47 Å². The summed E-state index contributed by atoms with van der Waals surface area (Å²) in [5.74, 6) is 1.17. The van der Waals surface area contributed by atoms with Crippen molar-refractivity contribution in [2.75, 3.05) is 38.1 Å². The van der Waals surface area contributed by atoms with E-state index in [9.17, 15) is 9.59 Å². The van der Waals surface area contributed by atoms with E-state index in [1.165, 1.54) is 5.56 Å². The van der Waals surface area contributed by atoms with Crippen molar-refractivity contribution in [2.24, 2.45) is 0 Å². The van der Waals surface area contributed by atoms with Crippen LogP contribution in [0.5, 0.6) is 5.75 Å². The van der Waals surface area contributed by atoms with Crippen molar-refractivity contribution >= 4 is 17.6 Å². The number of nitrogens with zero attached hydrogens (tertiary/aromatic N) is 3. The first-order valence-corrected chi connectivity index (χ1v) is 11.3. The molecular weight excluding hydrogens is 408 g/mol. The number of ether oxygens (including phenoxy) is 2. The summed E-state index contributed by atoms with van der Waals surface area (Å²) in [7, 11) is 0. The molecule has 2 atom stereocenters. The number of likely N-dealkylation sites (tertiary alicyclic amines) is 2. The number of aromatic nitrogens is 1. The number of amides is 3. The molecule has 32 heavy (non-hydrogen) atoms. The fraction of sp³-hybridized carbons (Fsp3) is 0.458. The van der Waals surface area contributed by atoms with Crippen molar-refractivity contribution in [3.8, 4) is 5.75 Å². The Hall–Kier alpha value is -3.13. The van der Waals surface area contributed by atoms with Gasteiger partial charge in [0.2, 0.25) is 0 Å². The molecular formula is C24H28N4O4. The van der Waals surface area contributed by atoms with Crippen molar-refractivity contribution in [1.82, 2.24) is 14.8 Å². The molecule has 0 bridgehead atoms. The van der Waals surface area contributed by atoms with E-state index in [0.29, 0.717) is 38.7 Å².